The van der Waals surface area contributed by atoms with E-state index in [1.54, 1.807) is 0 Å². The molecule has 0 aliphatic carbocycles. The molecule has 0 spiro atoms. The van der Waals surface area contributed by atoms with Crippen molar-refractivity contribution in [1.82, 2.24) is 4.90 Å². The minimum absolute atomic E-state index is 0.222. The van der Waals surface area contributed by atoms with E-state index in [0.29, 0.717) is 11.6 Å². The lowest BCUT2D eigenvalue weighted by Gasteiger charge is -2.19. The summed E-state index contributed by atoms with van der Waals surface area (Å²) in [6.45, 7) is 3.37. The van der Waals surface area contributed by atoms with Crippen LogP contribution in [0.3, 0.4) is 0 Å². The molecule has 1 amide bonds. The van der Waals surface area contributed by atoms with Crippen LogP contribution >= 0.6 is 11.8 Å². The van der Waals surface area contributed by atoms with Gasteiger partial charge in [-0.15, -0.1) is 11.8 Å². The zero-order chi connectivity index (χ0) is 9.84. The van der Waals surface area contributed by atoms with Crippen LogP contribution in [-0.4, -0.2) is 41.6 Å². The van der Waals surface area contributed by atoms with Crippen molar-refractivity contribution >= 4 is 23.6 Å². The number of carbonyl (C=O) groups excluding carboxylic acids is 2. The summed E-state index contributed by atoms with van der Waals surface area (Å²) in [4.78, 5) is 23.9. The highest BCUT2D eigenvalue weighted by Crippen LogP contribution is 2.21. The Hall–Kier alpha value is -0.970. The van der Waals surface area contributed by atoms with Gasteiger partial charge in [-0.05, 0) is 6.08 Å². The molecule has 0 aromatic rings. The van der Waals surface area contributed by atoms with Gasteiger partial charge >= 0.3 is 5.97 Å². The van der Waals surface area contributed by atoms with Crippen LogP contribution in [0.1, 0.15) is 0 Å². The van der Waals surface area contributed by atoms with E-state index in [1.807, 2.05) is 0 Å². The Kier molecular flexibility index (Phi) is 3.36. The van der Waals surface area contributed by atoms with Gasteiger partial charge in [-0.25, -0.2) is 4.79 Å². The van der Waals surface area contributed by atoms with Crippen molar-refractivity contribution in [3.8, 4) is 0 Å². The second-order valence-electron chi connectivity index (χ2n) is 2.55. The third-order valence-corrected chi connectivity index (χ3v) is 2.83. The van der Waals surface area contributed by atoms with E-state index in [2.05, 4.69) is 11.3 Å². The van der Waals surface area contributed by atoms with E-state index in [4.69, 9.17) is 0 Å². The summed E-state index contributed by atoms with van der Waals surface area (Å²) in [6, 6.07) is -0.444. The number of rotatable bonds is 2. The number of esters is 1. The van der Waals surface area contributed by atoms with Gasteiger partial charge in [-0.2, -0.15) is 0 Å². The minimum Gasteiger partial charge on any atom is -0.467 e. The molecule has 1 saturated heterocycles. The Morgan fingerprint density at radius 3 is 2.92 bits per heavy atom. The Balaban J connectivity index is 2.68. The molecule has 13 heavy (non-hydrogen) atoms. The fourth-order valence-electron chi connectivity index (χ4n) is 1.11. The van der Waals surface area contributed by atoms with E-state index >= 15 is 0 Å². The van der Waals surface area contributed by atoms with Crippen molar-refractivity contribution in [3.63, 3.8) is 0 Å². The molecule has 0 bridgehead atoms. The number of ether oxygens (including phenoxy) is 1. The van der Waals surface area contributed by atoms with Crippen LogP contribution in [0.5, 0.6) is 0 Å². The first kappa shape index (κ1) is 10.1. The van der Waals surface area contributed by atoms with E-state index in [1.165, 1.54) is 29.8 Å². The molecule has 1 aliphatic heterocycles. The SMILES string of the molecule is C=CC(=O)N1CSCC1C(=O)OC. The average Bonchev–Trinajstić information content (AvgIpc) is 2.63. The molecule has 1 rings (SSSR count). The Labute approximate surface area is 80.9 Å². The van der Waals surface area contributed by atoms with Crippen molar-refractivity contribution in [2.75, 3.05) is 18.7 Å². The van der Waals surface area contributed by atoms with Crippen LogP contribution in [-0.2, 0) is 14.3 Å². The molecule has 1 atom stereocenters. The first-order valence-electron chi connectivity index (χ1n) is 3.79. The molecule has 0 saturated carbocycles. The van der Waals surface area contributed by atoms with Gasteiger partial charge in [0.2, 0.25) is 5.91 Å². The number of nitrogens with zero attached hydrogens (tertiary/aromatic N) is 1. The van der Waals surface area contributed by atoms with Crippen molar-refractivity contribution in [1.29, 1.82) is 0 Å². The lowest BCUT2D eigenvalue weighted by Crippen LogP contribution is -2.41. The average molecular weight is 201 g/mol. The maximum atomic E-state index is 11.2. The quantitative estimate of drug-likeness (QED) is 0.474. The molecule has 1 aliphatic rings. The summed E-state index contributed by atoms with van der Waals surface area (Å²) >= 11 is 1.53. The third-order valence-electron chi connectivity index (χ3n) is 1.81. The highest BCUT2D eigenvalue weighted by atomic mass is 32.2. The molecule has 4 nitrogen and oxygen atoms in total. The van der Waals surface area contributed by atoms with Gasteiger partial charge in [0.1, 0.15) is 6.04 Å². The number of carbonyl (C=O) groups is 2. The lowest BCUT2D eigenvalue weighted by atomic mass is 10.3. The number of hydrogen-bond donors (Lipinski definition) is 0. The zero-order valence-electron chi connectivity index (χ0n) is 7.36. The first-order valence-corrected chi connectivity index (χ1v) is 4.94. The zero-order valence-corrected chi connectivity index (χ0v) is 8.17. The fraction of sp³-hybridized carbons (Fsp3) is 0.500. The highest BCUT2D eigenvalue weighted by Gasteiger charge is 2.34. The van der Waals surface area contributed by atoms with Gasteiger partial charge in [0.15, 0.2) is 0 Å². The van der Waals surface area contributed by atoms with E-state index in [9.17, 15) is 9.59 Å². The maximum Gasteiger partial charge on any atom is 0.329 e. The maximum absolute atomic E-state index is 11.2. The molecule has 0 N–H and O–H groups in total. The minimum atomic E-state index is -0.444. The lowest BCUT2D eigenvalue weighted by molar-refractivity contribution is -0.149. The normalized spacial score (nSPS) is 21.3. The summed E-state index contributed by atoms with van der Waals surface area (Å²) in [5.74, 6) is 0.553. The molecule has 0 aromatic heterocycles. The number of thioether (sulfide) groups is 1. The monoisotopic (exact) mass is 201 g/mol. The second-order valence-corrected chi connectivity index (χ2v) is 3.55. The standard InChI is InChI=1S/C8H11NO3S/c1-3-7(10)9-5-13-4-6(9)8(11)12-2/h3,6H,1,4-5H2,2H3. The van der Waals surface area contributed by atoms with E-state index < -0.39 is 6.04 Å². The van der Waals surface area contributed by atoms with Crippen LogP contribution in [0.25, 0.3) is 0 Å². The van der Waals surface area contributed by atoms with Crippen molar-refractivity contribution in [2.45, 2.75) is 6.04 Å². The van der Waals surface area contributed by atoms with Crippen molar-refractivity contribution in [2.24, 2.45) is 0 Å². The number of methoxy groups -OCH3 is 1. The molecule has 1 unspecified atom stereocenters. The topological polar surface area (TPSA) is 46.6 Å². The predicted octanol–water partition coefficient (Wildman–Crippen LogP) is 0.247. The largest absolute Gasteiger partial charge is 0.467 e. The summed E-state index contributed by atoms with van der Waals surface area (Å²) < 4.78 is 4.58. The molecular weight excluding hydrogens is 190 g/mol. The highest BCUT2D eigenvalue weighted by molar-refractivity contribution is 7.99. The number of hydrogen-bond acceptors (Lipinski definition) is 4. The van der Waals surface area contributed by atoms with Gasteiger partial charge in [-0.1, -0.05) is 6.58 Å². The third kappa shape index (κ3) is 2.03. The molecule has 5 heteroatoms. The van der Waals surface area contributed by atoms with E-state index in [0.717, 1.165) is 0 Å². The fourth-order valence-corrected chi connectivity index (χ4v) is 2.26. The van der Waals surface area contributed by atoms with Crippen LogP contribution in [0.15, 0.2) is 12.7 Å². The van der Waals surface area contributed by atoms with Crippen LogP contribution in [0, 0.1) is 0 Å². The van der Waals surface area contributed by atoms with Crippen LogP contribution < -0.4 is 0 Å². The molecule has 1 heterocycles. The molecule has 0 radical (unpaired) electrons. The van der Waals surface area contributed by atoms with Gasteiger partial charge in [0.25, 0.3) is 0 Å². The second kappa shape index (κ2) is 4.32. The molecule has 72 valence electrons. The smallest absolute Gasteiger partial charge is 0.329 e. The van der Waals surface area contributed by atoms with Crippen molar-refractivity contribution < 1.29 is 14.3 Å². The van der Waals surface area contributed by atoms with Gasteiger partial charge in [0.05, 0.1) is 13.0 Å². The summed E-state index contributed by atoms with van der Waals surface area (Å²) in [5, 5.41) is 0. The van der Waals surface area contributed by atoms with Gasteiger partial charge in [-0.3, -0.25) is 4.79 Å². The first-order chi connectivity index (χ1) is 6.20. The Morgan fingerprint density at radius 1 is 1.69 bits per heavy atom. The predicted molar refractivity (Wildman–Crippen MR) is 50.2 cm³/mol. The molecule has 1 fully saturated rings. The van der Waals surface area contributed by atoms with Gasteiger partial charge in [0, 0.05) is 5.75 Å². The van der Waals surface area contributed by atoms with Gasteiger partial charge < -0.3 is 9.64 Å². The summed E-state index contributed by atoms with van der Waals surface area (Å²) in [7, 11) is 1.32. The van der Waals surface area contributed by atoms with Crippen molar-refractivity contribution in [3.05, 3.63) is 12.7 Å². The van der Waals surface area contributed by atoms with Crippen LogP contribution in [0.4, 0.5) is 0 Å². The van der Waals surface area contributed by atoms with Crippen LogP contribution in [0.2, 0.25) is 0 Å². The molecule has 0 aromatic carbocycles. The molecular formula is C8H11NO3S. The number of amides is 1. The Bertz CT molecular complexity index is 242. The summed E-state index contributed by atoms with van der Waals surface area (Å²) in [6.07, 6.45) is 1.21. The summed E-state index contributed by atoms with van der Waals surface area (Å²) in [5.41, 5.74) is 0. The Morgan fingerprint density at radius 2 is 2.38 bits per heavy atom. The van der Waals surface area contributed by atoms with E-state index in [-0.39, 0.29) is 11.9 Å².